The van der Waals surface area contributed by atoms with E-state index < -0.39 is 28.5 Å². The first-order chi connectivity index (χ1) is 12.7. The Balaban J connectivity index is 1.98. The molecule has 0 fully saturated rings. The van der Waals surface area contributed by atoms with Crippen LogP contribution in [-0.4, -0.2) is 33.5 Å². The number of anilines is 1. The molecule has 2 aromatic rings. The van der Waals surface area contributed by atoms with E-state index >= 15 is 0 Å². The summed E-state index contributed by atoms with van der Waals surface area (Å²) < 4.78 is 32.9. The summed E-state index contributed by atoms with van der Waals surface area (Å²) in [4.78, 5) is 23.7. The summed E-state index contributed by atoms with van der Waals surface area (Å²) in [6.07, 6.45) is 0. The minimum absolute atomic E-state index is 0.0284. The molecule has 1 amide bonds. The highest BCUT2D eigenvalue weighted by atomic mass is 35.5. The summed E-state index contributed by atoms with van der Waals surface area (Å²) in [5, 5.41) is 7.54. The van der Waals surface area contributed by atoms with Crippen molar-refractivity contribution in [3.05, 3.63) is 53.1 Å². The summed E-state index contributed by atoms with van der Waals surface area (Å²) in [6.45, 7) is 1.80. The van der Waals surface area contributed by atoms with Gasteiger partial charge in [-0.3, -0.25) is 4.79 Å². The third-order valence-electron chi connectivity index (χ3n) is 3.27. The molecule has 0 atom stereocenters. The lowest BCUT2D eigenvalue weighted by Crippen LogP contribution is -2.21. The van der Waals surface area contributed by atoms with E-state index in [4.69, 9.17) is 26.2 Å². The first-order valence-corrected chi connectivity index (χ1v) is 9.65. The molecule has 0 bridgehead atoms. The van der Waals surface area contributed by atoms with Crippen molar-refractivity contribution >= 4 is 39.2 Å². The van der Waals surface area contributed by atoms with E-state index in [9.17, 15) is 18.0 Å². The van der Waals surface area contributed by atoms with E-state index in [0.717, 1.165) is 12.1 Å². The van der Waals surface area contributed by atoms with E-state index in [1.165, 1.54) is 6.07 Å². The maximum Gasteiger partial charge on any atom is 0.340 e. The molecule has 0 spiro atoms. The van der Waals surface area contributed by atoms with Crippen molar-refractivity contribution in [2.24, 2.45) is 5.14 Å². The van der Waals surface area contributed by atoms with Crippen LogP contribution in [0.1, 0.15) is 17.3 Å². The molecule has 0 saturated carbocycles. The van der Waals surface area contributed by atoms with Crippen LogP contribution in [0, 0.1) is 0 Å². The monoisotopic (exact) mass is 412 g/mol. The van der Waals surface area contributed by atoms with E-state index in [2.05, 4.69) is 5.32 Å². The van der Waals surface area contributed by atoms with Crippen LogP contribution in [0.4, 0.5) is 5.69 Å². The van der Waals surface area contributed by atoms with Gasteiger partial charge in [-0.25, -0.2) is 18.4 Å². The fourth-order valence-corrected chi connectivity index (χ4v) is 2.78. The number of sulfonamides is 1. The zero-order valence-electron chi connectivity index (χ0n) is 14.3. The van der Waals surface area contributed by atoms with Gasteiger partial charge < -0.3 is 14.8 Å². The number of hydrogen-bond acceptors (Lipinski definition) is 6. The second-order valence-corrected chi connectivity index (χ2v) is 7.24. The Bertz CT molecular complexity index is 944. The van der Waals surface area contributed by atoms with Gasteiger partial charge in [-0.05, 0) is 49.4 Å². The molecule has 0 radical (unpaired) electrons. The van der Waals surface area contributed by atoms with Gasteiger partial charge in [0.25, 0.3) is 5.91 Å². The molecular weight excluding hydrogens is 396 g/mol. The lowest BCUT2D eigenvalue weighted by molar-refractivity contribution is -0.119. The molecule has 27 heavy (non-hydrogen) atoms. The number of benzene rings is 2. The van der Waals surface area contributed by atoms with Crippen LogP contribution < -0.4 is 15.2 Å². The number of primary sulfonamides is 1. The summed E-state index contributed by atoms with van der Waals surface area (Å²) in [6, 6.07) is 10.00. The third-order valence-corrected chi connectivity index (χ3v) is 4.51. The summed E-state index contributed by atoms with van der Waals surface area (Å²) in [5.41, 5.74) is 0.283. The van der Waals surface area contributed by atoms with E-state index in [0.29, 0.717) is 18.0 Å². The van der Waals surface area contributed by atoms with Gasteiger partial charge in [0, 0.05) is 5.69 Å². The second kappa shape index (κ2) is 8.85. The highest BCUT2D eigenvalue weighted by Crippen LogP contribution is 2.21. The maximum atomic E-state index is 12.1. The molecule has 144 valence electrons. The normalized spacial score (nSPS) is 10.9. The lowest BCUT2D eigenvalue weighted by Gasteiger charge is -2.09. The third kappa shape index (κ3) is 5.95. The molecule has 0 heterocycles. The number of halogens is 1. The Kier molecular flexibility index (Phi) is 6.78. The highest BCUT2D eigenvalue weighted by Gasteiger charge is 2.18. The Labute approximate surface area is 161 Å². The van der Waals surface area contributed by atoms with Gasteiger partial charge in [0.15, 0.2) is 6.61 Å². The number of rotatable bonds is 7. The van der Waals surface area contributed by atoms with Crippen LogP contribution >= 0.6 is 11.6 Å². The molecular formula is C17H17ClN2O6S. The van der Waals surface area contributed by atoms with Gasteiger partial charge in [-0.15, -0.1) is 0 Å². The molecule has 8 nitrogen and oxygen atoms in total. The van der Waals surface area contributed by atoms with Crippen LogP contribution in [0.15, 0.2) is 47.4 Å². The molecule has 2 rings (SSSR count). The molecule has 0 aliphatic rings. The number of carbonyl (C=O) groups excluding carboxylic acids is 2. The van der Waals surface area contributed by atoms with E-state index in [-0.39, 0.29) is 15.5 Å². The SMILES string of the molecule is CCOc1ccc(NC(=O)COC(=O)c2cc(S(N)(=O)=O)ccc2Cl)cc1. The minimum Gasteiger partial charge on any atom is -0.494 e. The van der Waals surface area contributed by atoms with Gasteiger partial charge in [-0.1, -0.05) is 11.6 Å². The van der Waals surface area contributed by atoms with Crippen molar-refractivity contribution in [2.75, 3.05) is 18.5 Å². The number of esters is 1. The molecule has 2 aromatic carbocycles. The number of nitrogens with one attached hydrogen (secondary N) is 1. The molecule has 0 unspecified atom stereocenters. The van der Waals surface area contributed by atoms with Gasteiger partial charge in [-0.2, -0.15) is 0 Å². The zero-order chi connectivity index (χ0) is 20.0. The zero-order valence-corrected chi connectivity index (χ0v) is 15.8. The number of carbonyl (C=O) groups is 2. The van der Waals surface area contributed by atoms with Crippen molar-refractivity contribution in [3.63, 3.8) is 0 Å². The number of hydrogen-bond donors (Lipinski definition) is 2. The number of amides is 1. The van der Waals surface area contributed by atoms with Crippen LogP contribution in [-0.2, 0) is 19.6 Å². The fraction of sp³-hybridized carbons (Fsp3) is 0.176. The van der Waals surface area contributed by atoms with Gasteiger partial charge in [0.2, 0.25) is 10.0 Å². The predicted molar refractivity (Wildman–Crippen MR) is 99.3 cm³/mol. The Hall–Kier alpha value is -2.62. The highest BCUT2D eigenvalue weighted by molar-refractivity contribution is 7.89. The average molecular weight is 413 g/mol. The first-order valence-electron chi connectivity index (χ1n) is 7.73. The van der Waals surface area contributed by atoms with Gasteiger partial charge in [0.1, 0.15) is 5.75 Å². The fourth-order valence-electron chi connectivity index (χ4n) is 2.04. The Morgan fingerprint density at radius 1 is 1.15 bits per heavy atom. The topological polar surface area (TPSA) is 125 Å². The Morgan fingerprint density at radius 2 is 1.81 bits per heavy atom. The Morgan fingerprint density at radius 3 is 2.41 bits per heavy atom. The van der Waals surface area contributed by atoms with Crippen molar-refractivity contribution in [1.29, 1.82) is 0 Å². The summed E-state index contributed by atoms with van der Waals surface area (Å²) >= 11 is 5.88. The van der Waals surface area contributed by atoms with Crippen molar-refractivity contribution < 1.29 is 27.5 Å². The quantitative estimate of drug-likeness (QED) is 0.671. The van der Waals surface area contributed by atoms with Gasteiger partial charge >= 0.3 is 5.97 Å². The van der Waals surface area contributed by atoms with Crippen LogP contribution in [0.25, 0.3) is 0 Å². The lowest BCUT2D eigenvalue weighted by atomic mass is 10.2. The molecule has 0 aliphatic carbocycles. The van der Waals surface area contributed by atoms with Crippen LogP contribution in [0.3, 0.4) is 0 Å². The molecule has 0 aliphatic heterocycles. The van der Waals surface area contributed by atoms with Crippen molar-refractivity contribution in [1.82, 2.24) is 0 Å². The number of nitrogens with two attached hydrogens (primary N) is 1. The molecule has 3 N–H and O–H groups in total. The molecule has 10 heteroatoms. The predicted octanol–water partition coefficient (Wildman–Crippen LogP) is 2.18. The molecule has 0 aromatic heterocycles. The van der Waals surface area contributed by atoms with Crippen LogP contribution in [0.5, 0.6) is 5.75 Å². The molecule has 0 saturated heterocycles. The number of ether oxygens (including phenoxy) is 2. The maximum absolute atomic E-state index is 12.1. The van der Waals surface area contributed by atoms with Gasteiger partial charge in [0.05, 0.1) is 22.1 Å². The average Bonchev–Trinajstić information content (AvgIpc) is 2.61. The van der Waals surface area contributed by atoms with Crippen LogP contribution in [0.2, 0.25) is 5.02 Å². The minimum atomic E-state index is -4.01. The van der Waals surface area contributed by atoms with Crippen molar-refractivity contribution in [3.8, 4) is 5.75 Å². The van der Waals surface area contributed by atoms with E-state index in [1.807, 2.05) is 6.92 Å². The summed E-state index contributed by atoms with van der Waals surface area (Å²) in [7, 11) is -4.01. The first kappa shape index (κ1) is 20.7. The van der Waals surface area contributed by atoms with E-state index in [1.54, 1.807) is 24.3 Å². The second-order valence-electron chi connectivity index (χ2n) is 5.27. The summed E-state index contributed by atoms with van der Waals surface area (Å²) in [5.74, 6) is -0.870. The standard InChI is InChI=1S/C17H17ClN2O6S/c1-2-25-12-5-3-11(4-6-12)20-16(21)10-26-17(22)14-9-13(27(19,23)24)7-8-15(14)18/h3-9H,2,10H2,1H3,(H,20,21)(H2,19,23,24). The van der Waals surface area contributed by atoms with Crippen molar-refractivity contribution in [2.45, 2.75) is 11.8 Å². The largest absolute Gasteiger partial charge is 0.494 e. The smallest absolute Gasteiger partial charge is 0.340 e.